The van der Waals surface area contributed by atoms with Gasteiger partial charge in [-0.25, -0.2) is 4.98 Å². The van der Waals surface area contributed by atoms with Crippen molar-refractivity contribution in [1.82, 2.24) is 25.8 Å². The Labute approximate surface area is 103 Å². The van der Waals surface area contributed by atoms with Gasteiger partial charge in [0.25, 0.3) is 0 Å². The summed E-state index contributed by atoms with van der Waals surface area (Å²) in [6.45, 7) is 4.19. The molecule has 0 amide bonds. The normalized spacial score (nSPS) is 23.2. The van der Waals surface area contributed by atoms with E-state index in [0.717, 1.165) is 12.4 Å². The molecule has 5 nitrogen and oxygen atoms in total. The first kappa shape index (κ1) is 12.5. The molecule has 17 heavy (non-hydrogen) atoms. The molecule has 0 bridgehead atoms. The van der Waals surface area contributed by atoms with E-state index < -0.39 is 0 Å². The fourth-order valence-corrected chi connectivity index (χ4v) is 2.40. The summed E-state index contributed by atoms with van der Waals surface area (Å²) in [6.07, 6.45) is 8.13. The zero-order valence-corrected chi connectivity index (χ0v) is 10.6. The Kier molecular flexibility index (Phi) is 4.94. The molecule has 1 aliphatic rings. The van der Waals surface area contributed by atoms with Crippen molar-refractivity contribution in [2.24, 2.45) is 0 Å². The van der Waals surface area contributed by atoms with Gasteiger partial charge in [-0.1, -0.05) is 12.8 Å². The van der Waals surface area contributed by atoms with Gasteiger partial charge in [-0.05, 0) is 32.7 Å². The highest BCUT2D eigenvalue weighted by Crippen LogP contribution is 2.12. The minimum Gasteiger partial charge on any atom is -0.314 e. The number of H-pyrrole nitrogens is 1. The highest BCUT2D eigenvalue weighted by atomic mass is 15.2. The molecule has 1 aromatic heterocycles. The second-order valence-corrected chi connectivity index (χ2v) is 4.95. The third-order valence-electron chi connectivity index (χ3n) is 3.38. The van der Waals surface area contributed by atoms with Crippen LogP contribution in [-0.4, -0.2) is 33.8 Å². The summed E-state index contributed by atoms with van der Waals surface area (Å²) in [4.78, 5) is 4.11. The summed E-state index contributed by atoms with van der Waals surface area (Å²) < 4.78 is 0. The van der Waals surface area contributed by atoms with Crippen LogP contribution in [0.4, 0.5) is 0 Å². The summed E-state index contributed by atoms with van der Waals surface area (Å²) >= 11 is 0. The first-order valence-corrected chi connectivity index (χ1v) is 6.65. The molecule has 0 aromatic carbocycles. The zero-order valence-electron chi connectivity index (χ0n) is 10.6. The Morgan fingerprint density at radius 1 is 1.47 bits per heavy atom. The van der Waals surface area contributed by atoms with Crippen LogP contribution in [0.15, 0.2) is 6.33 Å². The molecule has 5 heteroatoms. The largest absolute Gasteiger partial charge is 0.314 e. The monoisotopic (exact) mass is 237 g/mol. The van der Waals surface area contributed by atoms with Gasteiger partial charge < -0.3 is 10.6 Å². The van der Waals surface area contributed by atoms with Crippen molar-refractivity contribution in [1.29, 1.82) is 0 Å². The van der Waals surface area contributed by atoms with Gasteiger partial charge in [0.2, 0.25) is 0 Å². The topological polar surface area (TPSA) is 65.6 Å². The predicted molar refractivity (Wildman–Crippen MR) is 67.6 cm³/mol. The molecule has 96 valence electrons. The zero-order chi connectivity index (χ0) is 11.9. The third-order valence-corrected chi connectivity index (χ3v) is 3.38. The van der Waals surface area contributed by atoms with Crippen LogP contribution in [-0.2, 0) is 6.54 Å². The van der Waals surface area contributed by atoms with Gasteiger partial charge in [-0.3, -0.25) is 5.10 Å². The Bertz CT molecular complexity index is 290. The summed E-state index contributed by atoms with van der Waals surface area (Å²) in [7, 11) is 0. The van der Waals surface area contributed by atoms with Crippen LogP contribution < -0.4 is 10.6 Å². The van der Waals surface area contributed by atoms with E-state index in [2.05, 4.69) is 32.7 Å². The van der Waals surface area contributed by atoms with Crippen LogP contribution in [0.5, 0.6) is 0 Å². The summed E-state index contributed by atoms with van der Waals surface area (Å²) in [5.74, 6) is 0.908. The first-order valence-electron chi connectivity index (χ1n) is 6.65. The van der Waals surface area contributed by atoms with E-state index in [-0.39, 0.29) is 0 Å². The molecule has 0 aliphatic carbocycles. The second kappa shape index (κ2) is 6.71. The fraction of sp³-hybridized carbons (Fsp3) is 0.833. The minimum absolute atomic E-state index is 0.510. The van der Waals surface area contributed by atoms with Gasteiger partial charge in [-0.15, -0.1) is 0 Å². The van der Waals surface area contributed by atoms with Crippen molar-refractivity contribution >= 4 is 0 Å². The van der Waals surface area contributed by atoms with Crippen molar-refractivity contribution in [2.45, 2.75) is 57.7 Å². The Morgan fingerprint density at radius 2 is 2.41 bits per heavy atom. The van der Waals surface area contributed by atoms with Crippen molar-refractivity contribution in [2.75, 3.05) is 6.54 Å². The lowest BCUT2D eigenvalue weighted by molar-refractivity contribution is 0.400. The molecule has 1 fully saturated rings. The number of rotatable bonds is 5. The molecule has 2 rings (SSSR count). The maximum atomic E-state index is 4.11. The second-order valence-electron chi connectivity index (χ2n) is 4.95. The molecule has 0 saturated carbocycles. The van der Waals surface area contributed by atoms with E-state index >= 15 is 0 Å². The fourth-order valence-electron chi connectivity index (χ4n) is 2.40. The van der Waals surface area contributed by atoms with Crippen molar-refractivity contribution in [3.8, 4) is 0 Å². The number of aromatic amines is 1. The van der Waals surface area contributed by atoms with E-state index in [9.17, 15) is 0 Å². The van der Waals surface area contributed by atoms with Gasteiger partial charge in [0.1, 0.15) is 12.2 Å². The van der Waals surface area contributed by atoms with E-state index in [1.54, 1.807) is 6.33 Å². The van der Waals surface area contributed by atoms with Crippen LogP contribution in [0.25, 0.3) is 0 Å². The molecular formula is C12H23N5. The van der Waals surface area contributed by atoms with Gasteiger partial charge in [0.05, 0.1) is 6.54 Å². The molecule has 2 heterocycles. The third kappa shape index (κ3) is 4.44. The lowest BCUT2D eigenvalue weighted by atomic mass is 10.0. The number of nitrogens with zero attached hydrogens (tertiary/aromatic N) is 2. The highest BCUT2D eigenvalue weighted by Gasteiger charge is 2.14. The number of hydrogen-bond donors (Lipinski definition) is 3. The SMILES string of the molecule is CC(CC1CCCCCN1)NCc1ncn[nH]1. The molecule has 0 radical (unpaired) electrons. The van der Waals surface area contributed by atoms with E-state index in [0.29, 0.717) is 12.1 Å². The Balaban J connectivity index is 1.67. The summed E-state index contributed by atoms with van der Waals surface area (Å²) in [6, 6.07) is 1.19. The number of aromatic nitrogens is 3. The average molecular weight is 237 g/mol. The number of hydrogen-bond acceptors (Lipinski definition) is 4. The highest BCUT2D eigenvalue weighted by molar-refractivity contribution is 4.81. The summed E-state index contributed by atoms with van der Waals surface area (Å²) in [5, 5.41) is 13.8. The Hall–Kier alpha value is -0.940. The van der Waals surface area contributed by atoms with Gasteiger partial charge >= 0.3 is 0 Å². The summed E-state index contributed by atoms with van der Waals surface area (Å²) in [5.41, 5.74) is 0. The molecular weight excluding hydrogens is 214 g/mol. The molecule has 2 atom stereocenters. The molecule has 1 aromatic rings. The molecule has 2 unspecified atom stereocenters. The molecule has 3 N–H and O–H groups in total. The van der Waals surface area contributed by atoms with E-state index in [1.807, 2.05) is 0 Å². The van der Waals surface area contributed by atoms with Crippen LogP contribution in [0.2, 0.25) is 0 Å². The lowest BCUT2D eigenvalue weighted by Crippen LogP contribution is -2.36. The quantitative estimate of drug-likeness (QED) is 0.720. The van der Waals surface area contributed by atoms with Crippen LogP contribution >= 0.6 is 0 Å². The first-order chi connectivity index (χ1) is 8.34. The van der Waals surface area contributed by atoms with Crippen molar-refractivity contribution in [3.05, 3.63) is 12.2 Å². The predicted octanol–water partition coefficient (Wildman–Crippen LogP) is 1.21. The van der Waals surface area contributed by atoms with E-state index in [1.165, 1.54) is 38.6 Å². The lowest BCUT2D eigenvalue weighted by Gasteiger charge is -2.21. The standard InChI is InChI=1S/C12H23N5/c1-10(14-8-12-15-9-16-17-12)7-11-5-3-2-4-6-13-11/h9-11,13-14H,2-8H2,1H3,(H,15,16,17). The van der Waals surface area contributed by atoms with Crippen molar-refractivity contribution in [3.63, 3.8) is 0 Å². The van der Waals surface area contributed by atoms with Gasteiger partial charge in [0.15, 0.2) is 0 Å². The van der Waals surface area contributed by atoms with Gasteiger partial charge in [-0.2, -0.15) is 5.10 Å². The van der Waals surface area contributed by atoms with Crippen molar-refractivity contribution < 1.29 is 0 Å². The molecule has 0 spiro atoms. The van der Waals surface area contributed by atoms with Gasteiger partial charge in [0, 0.05) is 12.1 Å². The number of nitrogens with one attached hydrogen (secondary N) is 3. The average Bonchev–Trinajstić information content (AvgIpc) is 2.72. The van der Waals surface area contributed by atoms with Crippen LogP contribution in [0.1, 0.15) is 44.9 Å². The molecule has 1 aliphatic heterocycles. The Morgan fingerprint density at radius 3 is 3.24 bits per heavy atom. The minimum atomic E-state index is 0.510. The molecule has 1 saturated heterocycles. The maximum absolute atomic E-state index is 4.11. The maximum Gasteiger partial charge on any atom is 0.138 e. The smallest absolute Gasteiger partial charge is 0.138 e. The van der Waals surface area contributed by atoms with Crippen LogP contribution in [0.3, 0.4) is 0 Å². The van der Waals surface area contributed by atoms with E-state index in [4.69, 9.17) is 0 Å². The van der Waals surface area contributed by atoms with Crippen LogP contribution in [0, 0.1) is 0 Å².